The number of aryl methyl sites for hydroxylation is 1. The normalized spacial score (nSPS) is 10.2. The summed E-state index contributed by atoms with van der Waals surface area (Å²) in [5, 5.41) is 8.59. The standard InChI is InChI=1S/C18H20N2O5/c1-12-4-9-15(17(19-12)24-3)18(23)20(2)10-13-5-7-14(8-6-13)25-11-16(21)22/h4-9H,10-11H2,1-3H3,(H,21,22). The van der Waals surface area contributed by atoms with E-state index >= 15 is 0 Å². The summed E-state index contributed by atoms with van der Waals surface area (Å²) >= 11 is 0. The van der Waals surface area contributed by atoms with E-state index in [2.05, 4.69) is 4.98 Å². The molecule has 0 radical (unpaired) electrons. The molecule has 0 atom stereocenters. The summed E-state index contributed by atoms with van der Waals surface area (Å²) in [6.07, 6.45) is 0. The Bertz CT molecular complexity index is 759. The van der Waals surface area contributed by atoms with Gasteiger partial charge in [-0.15, -0.1) is 0 Å². The van der Waals surface area contributed by atoms with Gasteiger partial charge in [-0.3, -0.25) is 4.79 Å². The maximum absolute atomic E-state index is 12.6. The molecule has 0 aliphatic carbocycles. The topological polar surface area (TPSA) is 89.0 Å². The minimum absolute atomic E-state index is 0.199. The smallest absolute Gasteiger partial charge is 0.341 e. The first-order valence-electron chi connectivity index (χ1n) is 7.61. The molecule has 132 valence electrons. The lowest BCUT2D eigenvalue weighted by Crippen LogP contribution is -2.26. The average Bonchev–Trinajstić information content (AvgIpc) is 2.60. The van der Waals surface area contributed by atoms with Crippen molar-refractivity contribution in [2.45, 2.75) is 13.5 Å². The minimum Gasteiger partial charge on any atom is -0.482 e. The molecule has 0 aliphatic heterocycles. The highest BCUT2D eigenvalue weighted by atomic mass is 16.5. The van der Waals surface area contributed by atoms with Gasteiger partial charge in [0, 0.05) is 19.3 Å². The molecule has 0 saturated heterocycles. The Morgan fingerprint density at radius 1 is 1.16 bits per heavy atom. The van der Waals surface area contributed by atoms with E-state index in [1.54, 1.807) is 48.3 Å². The Morgan fingerprint density at radius 3 is 2.44 bits per heavy atom. The van der Waals surface area contributed by atoms with Crippen LogP contribution in [0.1, 0.15) is 21.6 Å². The van der Waals surface area contributed by atoms with Crippen LogP contribution in [-0.4, -0.2) is 47.6 Å². The lowest BCUT2D eigenvalue weighted by atomic mass is 10.1. The number of carbonyl (C=O) groups is 2. The first kappa shape index (κ1) is 18.3. The summed E-state index contributed by atoms with van der Waals surface area (Å²) in [6, 6.07) is 10.4. The van der Waals surface area contributed by atoms with Crippen molar-refractivity contribution < 1.29 is 24.2 Å². The van der Waals surface area contributed by atoms with E-state index in [4.69, 9.17) is 14.6 Å². The third kappa shape index (κ3) is 4.94. The fraction of sp³-hybridized carbons (Fsp3) is 0.278. The molecule has 0 saturated carbocycles. The van der Waals surface area contributed by atoms with E-state index in [9.17, 15) is 9.59 Å². The van der Waals surface area contributed by atoms with Gasteiger partial charge in [-0.2, -0.15) is 0 Å². The van der Waals surface area contributed by atoms with Gasteiger partial charge in [-0.1, -0.05) is 12.1 Å². The first-order valence-corrected chi connectivity index (χ1v) is 7.61. The second-order valence-electron chi connectivity index (χ2n) is 5.50. The zero-order valence-electron chi connectivity index (χ0n) is 14.4. The second-order valence-corrected chi connectivity index (χ2v) is 5.50. The SMILES string of the molecule is COc1nc(C)ccc1C(=O)N(C)Cc1ccc(OCC(=O)O)cc1. The van der Waals surface area contributed by atoms with Gasteiger partial charge < -0.3 is 19.5 Å². The Morgan fingerprint density at radius 2 is 1.84 bits per heavy atom. The average molecular weight is 344 g/mol. The Kier molecular flexibility index (Phi) is 5.94. The van der Waals surface area contributed by atoms with Crippen LogP contribution in [0.2, 0.25) is 0 Å². The van der Waals surface area contributed by atoms with Gasteiger partial charge >= 0.3 is 5.97 Å². The molecule has 2 aromatic rings. The summed E-state index contributed by atoms with van der Waals surface area (Å²) in [4.78, 5) is 28.9. The van der Waals surface area contributed by atoms with Crippen molar-refractivity contribution in [3.8, 4) is 11.6 Å². The molecule has 1 heterocycles. The molecule has 0 unspecified atom stereocenters. The minimum atomic E-state index is -1.03. The summed E-state index contributed by atoms with van der Waals surface area (Å²) < 4.78 is 10.3. The Labute approximate surface area is 145 Å². The van der Waals surface area contributed by atoms with Gasteiger partial charge in [0.1, 0.15) is 11.3 Å². The largest absolute Gasteiger partial charge is 0.482 e. The van der Waals surface area contributed by atoms with Gasteiger partial charge in [0.05, 0.1) is 7.11 Å². The van der Waals surface area contributed by atoms with E-state index in [0.717, 1.165) is 11.3 Å². The zero-order valence-corrected chi connectivity index (χ0v) is 14.4. The van der Waals surface area contributed by atoms with Crippen LogP contribution in [0.3, 0.4) is 0 Å². The fourth-order valence-corrected chi connectivity index (χ4v) is 2.24. The number of rotatable bonds is 7. The van der Waals surface area contributed by atoms with Crippen molar-refractivity contribution in [1.82, 2.24) is 9.88 Å². The molecular formula is C18H20N2O5. The highest BCUT2D eigenvalue weighted by Crippen LogP contribution is 2.19. The number of benzene rings is 1. The molecule has 1 amide bonds. The number of hydrogen-bond donors (Lipinski definition) is 1. The van der Waals surface area contributed by atoms with Crippen molar-refractivity contribution in [3.63, 3.8) is 0 Å². The molecule has 1 aromatic carbocycles. The maximum Gasteiger partial charge on any atom is 0.341 e. The number of pyridine rings is 1. The number of nitrogens with zero attached hydrogens (tertiary/aromatic N) is 2. The number of ether oxygens (including phenoxy) is 2. The van der Waals surface area contributed by atoms with Gasteiger partial charge in [-0.25, -0.2) is 9.78 Å². The quantitative estimate of drug-likeness (QED) is 0.828. The number of carboxylic acid groups (broad SMARTS) is 1. The molecule has 2 rings (SSSR count). The zero-order chi connectivity index (χ0) is 18.4. The van der Waals surface area contributed by atoms with Gasteiger partial charge in [0.15, 0.2) is 6.61 Å². The van der Waals surface area contributed by atoms with Crippen LogP contribution in [-0.2, 0) is 11.3 Å². The lowest BCUT2D eigenvalue weighted by Gasteiger charge is -2.18. The summed E-state index contributed by atoms with van der Waals surface area (Å²) in [6.45, 7) is 1.82. The van der Waals surface area contributed by atoms with E-state index in [1.165, 1.54) is 7.11 Å². The number of carboxylic acids is 1. The van der Waals surface area contributed by atoms with Crippen LogP contribution in [0.15, 0.2) is 36.4 Å². The number of aliphatic carboxylic acids is 1. The number of aromatic nitrogens is 1. The van der Waals surface area contributed by atoms with E-state index < -0.39 is 12.6 Å². The summed E-state index contributed by atoms with van der Waals surface area (Å²) in [7, 11) is 3.17. The van der Waals surface area contributed by atoms with Gasteiger partial charge in [0.2, 0.25) is 5.88 Å². The molecule has 7 heteroatoms. The monoisotopic (exact) mass is 344 g/mol. The van der Waals surface area contributed by atoms with Crippen molar-refractivity contribution in [3.05, 3.63) is 53.2 Å². The third-order valence-electron chi connectivity index (χ3n) is 3.48. The molecule has 25 heavy (non-hydrogen) atoms. The number of carbonyl (C=O) groups excluding carboxylic acids is 1. The second kappa shape index (κ2) is 8.14. The Balaban J connectivity index is 2.05. The van der Waals surface area contributed by atoms with Crippen LogP contribution in [0.25, 0.3) is 0 Å². The van der Waals surface area contributed by atoms with E-state index in [0.29, 0.717) is 23.7 Å². The van der Waals surface area contributed by atoms with Crippen molar-refractivity contribution in [1.29, 1.82) is 0 Å². The molecule has 0 bridgehead atoms. The third-order valence-corrected chi connectivity index (χ3v) is 3.48. The molecule has 0 aliphatic rings. The molecule has 1 aromatic heterocycles. The number of methoxy groups -OCH3 is 1. The predicted molar refractivity (Wildman–Crippen MR) is 90.9 cm³/mol. The highest BCUT2D eigenvalue weighted by Gasteiger charge is 2.18. The van der Waals surface area contributed by atoms with Crippen molar-refractivity contribution >= 4 is 11.9 Å². The van der Waals surface area contributed by atoms with Crippen molar-refractivity contribution in [2.75, 3.05) is 20.8 Å². The van der Waals surface area contributed by atoms with Crippen LogP contribution in [0, 0.1) is 6.92 Å². The summed E-state index contributed by atoms with van der Waals surface area (Å²) in [5.74, 6) is -0.468. The highest BCUT2D eigenvalue weighted by molar-refractivity contribution is 5.96. The fourth-order valence-electron chi connectivity index (χ4n) is 2.24. The van der Waals surface area contributed by atoms with E-state index in [-0.39, 0.29) is 5.91 Å². The van der Waals surface area contributed by atoms with E-state index in [1.807, 2.05) is 6.92 Å². The number of hydrogen-bond acceptors (Lipinski definition) is 5. The molecule has 7 nitrogen and oxygen atoms in total. The van der Waals surface area contributed by atoms with Crippen molar-refractivity contribution in [2.24, 2.45) is 0 Å². The molecule has 1 N–H and O–H groups in total. The van der Waals surface area contributed by atoms with Crippen LogP contribution in [0.4, 0.5) is 0 Å². The molecule has 0 spiro atoms. The Hall–Kier alpha value is -3.09. The van der Waals surface area contributed by atoms with Gasteiger partial charge in [0.25, 0.3) is 5.91 Å². The predicted octanol–water partition coefficient (Wildman–Crippen LogP) is 2.13. The molecule has 0 fully saturated rings. The number of amides is 1. The first-order chi connectivity index (χ1) is 11.9. The van der Waals surface area contributed by atoms with Crippen LogP contribution >= 0.6 is 0 Å². The van der Waals surface area contributed by atoms with Crippen LogP contribution < -0.4 is 9.47 Å². The maximum atomic E-state index is 12.6. The summed E-state index contributed by atoms with van der Waals surface area (Å²) in [5.41, 5.74) is 2.06. The van der Waals surface area contributed by atoms with Gasteiger partial charge in [-0.05, 0) is 36.8 Å². The van der Waals surface area contributed by atoms with Crippen LogP contribution in [0.5, 0.6) is 11.6 Å². The molecular weight excluding hydrogens is 324 g/mol. The lowest BCUT2D eigenvalue weighted by molar-refractivity contribution is -0.139.